The molecule has 0 spiro atoms. The van der Waals surface area contributed by atoms with Crippen molar-refractivity contribution in [3.05, 3.63) is 0 Å². The van der Waals surface area contributed by atoms with Crippen LogP contribution in [0, 0.1) is 5.92 Å². The Kier molecular flexibility index (Phi) is 6.99. The van der Waals surface area contributed by atoms with Crippen LogP contribution in [-0.2, 0) is 9.59 Å². The van der Waals surface area contributed by atoms with Crippen LogP contribution < -0.4 is 5.32 Å². The SMILES string of the molecule is CC(=O)C(NC(=O)CN(C)C(C)CO)C(C)C. The van der Waals surface area contributed by atoms with Gasteiger partial charge in [-0.05, 0) is 26.8 Å². The van der Waals surface area contributed by atoms with Gasteiger partial charge in [0.1, 0.15) is 0 Å². The zero-order chi connectivity index (χ0) is 13.6. The quantitative estimate of drug-likeness (QED) is 0.663. The van der Waals surface area contributed by atoms with Crippen molar-refractivity contribution in [2.24, 2.45) is 5.92 Å². The smallest absolute Gasteiger partial charge is 0.234 e. The van der Waals surface area contributed by atoms with Gasteiger partial charge in [0.25, 0.3) is 0 Å². The van der Waals surface area contributed by atoms with Crippen molar-refractivity contribution >= 4 is 11.7 Å². The second kappa shape index (κ2) is 7.40. The van der Waals surface area contributed by atoms with Crippen LogP contribution in [-0.4, -0.2) is 54.0 Å². The third kappa shape index (κ3) is 5.79. The molecule has 0 fully saturated rings. The summed E-state index contributed by atoms with van der Waals surface area (Å²) in [6.07, 6.45) is 0. The van der Waals surface area contributed by atoms with E-state index < -0.39 is 6.04 Å². The molecule has 0 aliphatic rings. The molecule has 2 atom stereocenters. The number of ketones is 1. The van der Waals surface area contributed by atoms with Crippen LogP contribution in [0.25, 0.3) is 0 Å². The molecule has 100 valence electrons. The van der Waals surface area contributed by atoms with E-state index in [1.54, 1.807) is 11.9 Å². The Morgan fingerprint density at radius 3 is 2.18 bits per heavy atom. The Hall–Kier alpha value is -0.940. The number of Topliss-reactive ketones (excluding diaryl/α,β-unsaturated/α-hetero) is 1. The van der Waals surface area contributed by atoms with Gasteiger partial charge >= 0.3 is 0 Å². The number of nitrogens with zero attached hydrogens (tertiary/aromatic N) is 1. The summed E-state index contributed by atoms with van der Waals surface area (Å²) in [7, 11) is 1.76. The van der Waals surface area contributed by atoms with Gasteiger partial charge in [-0.3, -0.25) is 14.5 Å². The average molecular weight is 244 g/mol. The maximum Gasteiger partial charge on any atom is 0.234 e. The molecule has 5 nitrogen and oxygen atoms in total. The largest absolute Gasteiger partial charge is 0.395 e. The van der Waals surface area contributed by atoms with E-state index in [9.17, 15) is 9.59 Å². The zero-order valence-electron chi connectivity index (χ0n) is 11.4. The summed E-state index contributed by atoms with van der Waals surface area (Å²) < 4.78 is 0. The monoisotopic (exact) mass is 244 g/mol. The highest BCUT2D eigenvalue weighted by molar-refractivity contribution is 5.88. The first kappa shape index (κ1) is 16.1. The third-order valence-corrected chi connectivity index (χ3v) is 2.83. The van der Waals surface area contributed by atoms with Crippen molar-refractivity contribution in [1.82, 2.24) is 10.2 Å². The van der Waals surface area contributed by atoms with E-state index in [1.165, 1.54) is 6.92 Å². The van der Waals surface area contributed by atoms with E-state index in [1.807, 2.05) is 20.8 Å². The minimum Gasteiger partial charge on any atom is -0.395 e. The van der Waals surface area contributed by atoms with Gasteiger partial charge in [-0.2, -0.15) is 0 Å². The molecule has 2 unspecified atom stereocenters. The molecule has 0 saturated carbocycles. The molecule has 0 bridgehead atoms. The Morgan fingerprint density at radius 2 is 1.82 bits per heavy atom. The first-order valence-electron chi connectivity index (χ1n) is 5.90. The lowest BCUT2D eigenvalue weighted by Crippen LogP contribution is -2.48. The number of carbonyl (C=O) groups excluding carboxylic acids is 2. The van der Waals surface area contributed by atoms with Crippen LogP contribution in [0.1, 0.15) is 27.7 Å². The number of hydrogen-bond acceptors (Lipinski definition) is 4. The fraction of sp³-hybridized carbons (Fsp3) is 0.833. The lowest BCUT2D eigenvalue weighted by Gasteiger charge is -2.24. The molecule has 17 heavy (non-hydrogen) atoms. The lowest BCUT2D eigenvalue weighted by molar-refractivity contribution is -0.128. The van der Waals surface area contributed by atoms with E-state index in [4.69, 9.17) is 5.11 Å². The molecular weight excluding hydrogens is 220 g/mol. The number of nitrogens with one attached hydrogen (secondary N) is 1. The van der Waals surface area contributed by atoms with Crippen LogP contribution in [0.5, 0.6) is 0 Å². The number of aliphatic hydroxyl groups excluding tert-OH is 1. The topological polar surface area (TPSA) is 69.6 Å². The maximum absolute atomic E-state index is 11.7. The van der Waals surface area contributed by atoms with Gasteiger partial charge in [0, 0.05) is 6.04 Å². The second-order valence-electron chi connectivity index (χ2n) is 4.85. The number of hydrogen-bond donors (Lipinski definition) is 2. The van der Waals surface area contributed by atoms with Crippen molar-refractivity contribution in [2.75, 3.05) is 20.2 Å². The molecule has 0 aromatic rings. The van der Waals surface area contributed by atoms with Crippen molar-refractivity contribution in [2.45, 2.75) is 39.8 Å². The zero-order valence-corrected chi connectivity index (χ0v) is 11.4. The summed E-state index contributed by atoms with van der Waals surface area (Å²) in [6, 6.07) is -0.504. The Bertz CT molecular complexity index is 266. The van der Waals surface area contributed by atoms with Gasteiger partial charge < -0.3 is 10.4 Å². The molecule has 2 N–H and O–H groups in total. The number of likely N-dealkylation sites (N-methyl/N-ethyl adjacent to an activating group) is 1. The molecule has 0 saturated heterocycles. The van der Waals surface area contributed by atoms with Crippen LogP contribution >= 0.6 is 0 Å². The van der Waals surface area contributed by atoms with Gasteiger partial charge in [-0.1, -0.05) is 13.8 Å². The van der Waals surface area contributed by atoms with Gasteiger partial charge in [-0.25, -0.2) is 0 Å². The molecule has 0 aromatic carbocycles. The van der Waals surface area contributed by atoms with Crippen molar-refractivity contribution in [1.29, 1.82) is 0 Å². The number of aliphatic hydroxyl groups is 1. The van der Waals surface area contributed by atoms with E-state index in [-0.39, 0.29) is 36.8 Å². The molecule has 0 radical (unpaired) electrons. The second-order valence-corrected chi connectivity index (χ2v) is 4.85. The minimum atomic E-state index is -0.430. The Labute approximate surface area is 103 Å². The van der Waals surface area contributed by atoms with Crippen LogP contribution in [0.3, 0.4) is 0 Å². The normalized spacial score (nSPS) is 14.8. The van der Waals surface area contributed by atoms with E-state index in [0.717, 1.165) is 0 Å². The first-order chi connectivity index (χ1) is 7.79. The van der Waals surface area contributed by atoms with Crippen molar-refractivity contribution in [3.8, 4) is 0 Å². The predicted octanol–water partition coefficient (Wildman–Crippen LogP) is 0.0288. The molecular formula is C12H24N2O3. The maximum atomic E-state index is 11.7. The van der Waals surface area contributed by atoms with Gasteiger partial charge in [0.05, 0.1) is 19.2 Å². The summed E-state index contributed by atoms with van der Waals surface area (Å²) in [5.41, 5.74) is 0. The van der Waals surface area contributed by atoms with Crippen molar-refractivity contribution in [3.63, 3.8) is 0 Å². The molecule has 0 heterocycles. The average Bonchev–Trinajstić information content (AvgIpc) is 2.23. The molecule has 5 heteroatoms. The molecule has 0 rings (SSSR count). The number of amides is 1. The highest BCUT2D eigenvalue weighted by atomic mass is 16.3. The molecule has 1 amide bonds. The van der Waals surface area contributed by atoms with Crippen LogP contribution in [0.4, 0.5) is 0 Å². The summed E-state index contributed by atoms with van der Waals surface area (Å²) in [4.78, 5) is 24.8. The molecule has 0 aliphatic carbocycles. The first-order valence-corrected chi connectivity index (χ1v) is 5.90. The summed E-state index contributed by atoms with van der Waals surface area (Å²) in [6.45, 7) is 7.28. The fourth-order valence-electron chi connectivity index (χ4n) is 1.48. The predicted molar refractivity (Wildman–Crippen MR) is 66.6 cm³/mol. The van der Waals surface area contributed by atoms with E-state index >= 15 is 0 Å². The van der Waals surface area contributed by atoms with E-state index in [2.05, 4.69) is 5.32 Å². The van der Waals surface area contributed by atoms with Gasteiger partial charge in [0.15, 0.2) is 5.78 Å². The molecule has 0 aliphatic heterocycles. The summed E-state index contributed by atoms with van der Waals surface area (Å²) in [5.74, 6) is -0.148. The summed E-state index contributed by atoms with van der Waals surface area (Å²) in [5, 5.41) is 11.7. The standard InChI is InChI=1S/C12H24N2O3/c1-8(2)12(10(4)16)13-11(17)6-14(5)9(3)7-15/h8-9,12,15H,6-7H2,1-5H3,(H,13,17). The Balaban J connectivity index is 4.29. The fourth-order valence-corrected chi connectivity index (χ4v) is 1.48. The third-order valence-electron chi connectivity index (χ3n) is 2.83. The van der Waals surface area contributed by atoms with Crippen LogP contribution in [0.2, 0.25) is 0 Å². The highest BCUT2D eigenvalue weighted by Gasteiger charge is 2.21. The minimum absolute atomic E-state index is 0.00406. The van der Waals surface area contributed by atoms with E-state index in [0.29, 0.717) is 0 Å². The van der Waals surface area contributed by atoms with Gasteiger partial charge in [0.2, 0.25) is 5.91 Å². The van der Waals surface area contributed by atoms with Crippen LogP contribution in [0.15, 0.2) is 0 Å². The van der Waals surface area contributed by atoms with Gasteiger partial charge in [-0.15, -0.1) is 0 Å². The number of rotatable bonds is 7. The summed E-state index contributed by atoms with van der Waals surface area (Å²) >= 11 is 0. The Morgan fingerprint density at radius 1 is 1.29 bits per heavy atom. The molecule has 0 aromatic heterocycles. The van der Waals surface area contributed by atoms with Crippen molar-refractivity contribution < 1.29 is 14.7 Å². The lowest BCUT2D eigenvalue weighted by atomic mass is 10.0. The number of carbonyl (C=O) groups is 2. The highest BCUT2D eigenvalue weighted by Crippen LogP contribution is 2.03.